The number of carbonyl (C=O) groups is 1. The van der Waals surface area contributed by atoms with E-state index in [1.54, 1.807) is 11.3 Å². The normalized spacial score (nSPS) is 12.4. The Balaban J connectivity index is 2.10. The molecule has 0 fully saturated rings. The van der Waals surface area contributed by atoms with Gasteiger partial charge in [-0.1, -0.05) is 0 Å². The van der Waals surface area contributed by atoms with Crippen LogP contribution in [-0.4, -0.2) is 10.9 Å². The van der Waals surface area contributed by atoms with Gasteiger partial charge in [-0.3, -0.25) is 4.79 Å². The monoisotopic (exact) mass is 344 g/mol. The van der Waals surface area contributed by atoms with Gasteiger partial charge in [0, 0.05) is 10.3 Å². The lowest BCUT2D eigenvalue weighted by Crippen LogP contribution is -2.26. The second-order valence-corrected chi connectivity index (χ2v) is 7.54. The zero-order valence-electron chi connectivity index (χ0n) is 10.3. The van der Waals surface area contributed by atoms with Crippen molar-refractivity contribution < 1.29 is 4.79 Å². The van der Waals surface area contributed by atoms with Crippen molar-refractivity contribution in [1.29, 1.82) is 0 Å². The number of amides is 1. The highest BCUT2D eigenvalue weighted by Crippen LogP contribution is 2.25. The van der Waals surface area contributed by atoms with Crippen LogP contribution in [0.25, 0.3) is 0 Å². The van der Waals surface area contributed by atoms with Gasteiger partial charge in [0.25, 0.3) is 5.91 Å². The highest BCUT2D eigenvalue weighted by Gasteiger charge is 2.16. The number of thiophene rings is 1. The van der Waals surface area contributed by atoms with Crippen LogP contribution in [-0.2, 0) is 0 Å². The van der Waals surface area contributed by atoms with E-state index >= 15 is 0 Å². The van der Waals surface area contributed by atoms with E-state index in [0.717, 1.165) is 19.4 Å². The van der Waals surface area contributed by atoms with E-state index in [1.165, 1.54) is 11.3 Å². The molecular formula is C12H13BrN2OS2. The first-order valence-electron chi connectivity index (χ1n) is 5.46. The van der Waals surface area contributed by atoms with Crippen molar-refractivity contribution in [2.75, 3.05) is 0 Å². The third-order valence-electron chi connectivity index (χ3n) is 2.51. The lowest BCUT2D eigenvalue weighted by Gasteiger charge is -2.12. The Morgan fingerprint density at radius 3 is 2.72 bits per heavy atom. The number of aromatic nitrogens is 1. The molecule has 1 amide bonds. The van der Waals surface area contributed by atoms with Crippen molar-refractivity contribution in [3.8, 4) is 0 Å². The first-order chi connectivity index (χ1) is 8.47. The summed E-state index contributed by atoms with van der Waals surface area (Å²) in [5.74, 6) is -0.0464. The van der Waals surface area contributed by atoms with Crippen LogP contribution in [0.4, 0.5) is 0 Å². The Morgan fingerprint density at radius 1 is 1.50 bits per heavy atom. The minimum atomic E-state index is -0.0464. The molecule has 1 N–H and O–H groups in total. The molecule has 0 aliphatic carbocycles. The average molecular weight is 345 g/mol. The van der Waals surface area contributed by atoms with Crippen LogP contribution in [0.15, 0.2) is 15.2 Å². The van der Waals surface area contributed by atoms with Crippen LogP contribution in [0.5, 0.6) is 0 Å². The predicted octanol–water partition coefficient (Wildman–Crippen LogP) is 4.07. The van der Waals surface area contributed by atoms with Crippen LogP contribution >= 0.6 is 38.6 Å². The molecule has 18 heavy (non-hydrogen) atoms. The van der Waals surface area contributed by atoms with Crippen molar-refractivity contribution in [1.82, 2.24) is 10.3 Å². The van der Waals surface area contributed by atoms with E-state index in [1.807, 2.05) is 32.2 Å². The van der Waals surface area contributed by atoms with Crippen molar-refractivity contribution in [2.45, 2.75) is 26.8 Å². The number of halogens is 1. The predicted molar refractivity (Wildman–Crippen MR) is 79.5 cm³/mol. The van der Waals surface area contributed by atoms with Crippen LogP contribution in [0.2, 0.25) is 0 Å². The highest BCUT2D eigenvalue weighted by atomic mass is 79.9. The van der Waals surface area contributed by atoms with Crippen LogP contribution in [0.1, 0.15) is 38.9 Å². The fraction of sp³-hybridized carbons (Fsp3) is 0.333. The molecule has 3 nitrogen and oxygen atoms in total. The van der Waals surface area contributed by atoms with E-state index in [-0.39, 0.29) is 11.9 Å². The van der Waals surface area contributed by atoms with Crippen LogP contribution in [0.3, 0.4) is 0 Å². The average Bonchev–Trinajstić information content (AvgIpc) is 2.84. The summed E-state index contributed by atoms with van der Waals surface area (Å²) < 4.78 is 0.963. The summed E-state index contributed by atoms with van der Waals surface area (Å²) in [6, 6.07) is 1.82. The van der Waals surface area contributed by atoms with Gasteiger partial charge in [0.15, 0.2) is 0 Å². The molecule has 0 aromatic carbocycles. The van der Waals surface area contributed by atoms with Crippen molar-refractivity contribution in [3.63, 3.8) is 0 Å². The molecule has 6 heteroatoms. The fourth-order valence-corrected chi connectivity index (χ4v) is 3.79. The molecule has 0 saturated carbocycles. The number of hydrogen-bond acceptors (Lipinski definition) is 4. The third-order valence-corrected chi connectivity index (χ3v) is 5.27. The molecular weight excluding hydrogens is 332 g/mol. The summed E-state index contributed by atoms with van der Waals surface area (Å²) in [6.07, 6.45) is 0. The fourth-order valence-electron chi connectivity index (χ4n) is 1.72. The number of thiazole rings is 1. The molecule has 1 atom stereocenters. The van der Waals surface area contributed by atoms with Crippen molar-refractivity contribution >= 4 is 44.5 Å². The zero-order valence-corrected chi connectivity index (χ0v) is 13.5. The van der Waals surface area contributed by atoms with Gasteiger partial charge in [-0.05, 0) is 42.8 Å². The highest BCUT2D eigenvalue weighted by molar-refractivity contribution is 9.11. The summed E-state index contributed by atoms with van der Waals surface area (Å²) in [7, 11) is 0. The smallest absolute Gasteiger partial charge is 0.252 e. The van der Waals surface area contributed by atoms with Gasteiger partial charge in [-0.25, -0.2) is 4.98 Å². The van der Waals surface area contributed by atoms with Gasteiger partial charge >= 0.3 is 0 Å². The third kappa shape index (κ3) is 2.99. The summed E-state index contributed by atoms with van der Waals surface area (Å²) in [5, 5.41) is 5.87. The molecule has 0 radical (unpaired) electrons. The zero-order chi connectivity index (χ0) is 13.3. The lowest BCUT2D eigenvalue weighted by molar-refractivity contribution is 0.0941. The Morgan fingerprint density at radius 2 is 2.22 bits per heavy atom. The molecule has 2 rings (SSSR count). The Hall–Kier alpha value is -0.720. The van der Waals surface area contributed by atoms with Crippen molar-refractivity contribution in [3.05, 3.63) is 36.4 Å². The topological polar surface area (TPSA) is 42.0 Å². The lowest BCUT2D eigenvalue weighted by atomic mass is 10.2. The quantitative estimate of drug-likeness (QED) is 0.911. The van der Waals surface area contributed by atoms with Crippen molar-refractivity contribution in [2.24, 2.45) is 0 Å². The maximum atomic E-state index is 12.0. The molecule has 1 unspecified atom stereocenters. The molecule has 0 spiro atoms. The largest absolute Gasteiger partial charge is 0.345 e. The van der Waals surface area contributed by atoms with Gasteiger partial charge in [-0.2, -0.15) is 0 Å². The number of hydrogen-bond donors (Lipinski definition) is 1. The minimum Gasteiger partial charge on any atom is -0.345 e. The summed E-state index contributed by atoms with van der Waals surface area (Å²) >= 11 is 6.50. The molecule has 2 aromatic rings. The Labute approximate surface area is 122 Å². The van der Waals surface area contributed by atoms with Gasteiger partial charge < -0.3 is 5.32 Å². The SMILES string of the molecule is Cc1nc(C)c(C(C)NC(=O)c2csc(Br)c2)s1. The van der Waals surface area contributed by atoms with E-state index in [0.29, 0.717) is 5.56 Å². The molecule has 0 aliphatic heterocycles. The van der Waals surface area contributed by atoms with Gasteiger partial charge in [0.1, 0.15) is 0 Å². The van der Waals surface area contributed by atoms with E-state index in [9.17, 15) is 4.79 Å². The molecule has 96 valence electrons. The molecule has 0 saturated heterocycles. The summed E-state index contributed by atoms with van der Waals surface area (Å²) in [5.41, 5.74) is 1.69. The minimum absolute atomic E-state index is 0.0117. The van der Waals surface area contributed by atoms with E-state index in [4.69, 9.17) is 0 Å². The molecule has 0 aliphatic rings. The summed E-state index contributed by atoms with van der Waals surface area (Å²) in [6.45, 7) is 5.94. The second kappa shape index (κ2) is 5.50. The molecule has 2 aromatic heterocycles. The maximum absolute atomic E-state index is 12.0. The van der Waals surface area contributed by atoms with Gasteiger partial charge in [0.2, 0.25) is 0 Å². The van der Waals surface area contributed by atoms with E-state index in [2.05, 4.69) is 26.2 Å². The number of nitrogens with zero attached hydrogens (tertiary/aromatic N) is 1. The number of carbonyl (C=O) groups excluding carboxylic acids is 1. The van der Waals surface area contributed by atoms with Gasteiger partial charge in [0.05, 0.1) is 26.1 Å². The molecule has 0 bridgehead atoms. The number of rotatable bonds is 3. The Bertz CT molecular complexity index is 576. The van der Waals surface area contributed by atoms with Gasteiger partial charge in [-0.15, -0.1) is 22.7 Å². The standard InChI is InChI=1S/C12H13BrN2OS2/c1-6-11(18-8(3)14-6)7(2)15-12(16)9-4-10(13)17-5-9/h4-5,7H,1-3H3,(H,15,16). The second-order valence-electron chi connectivity index (χ2n) is 4.02. The number of aryl methyl sites for hydroxylation is 2. The van der Waals surface area contributed by atoms with Crippen LogP contribution in [0, 0.1) is 13.8 Å². The van der Waals surface area contributed by atoms with Crippen LogP contribution < -0.4 is 5.32 Å². The Kier molecular flexibility index (Phi) is 4.19. The maximum Gasteiger partial charge on any atom is 0.252 e. The first-order valence-corrected chi connectivity index (χ1v) is 7.95. The number of nitrogens with one attached hydrogen (secondary N) is 1. The van der Waals surface area contributed by atoms with E-state index < -0.39 is 0 Å². The molecule has 2 heterocycles. The summed E-state index contributed by atoms with van der Waals surface area (Å²) in [4.78, 5) is 17.5. The first kappa shape index (κ1) is 13.7.